The van der Waals surface area contributed by atoms with Crippen molar-refractivity contribution in [3.05, 3.63) is 18.2 Å². The van der Waals surface area contributed by atoms with Gasteiger partial charge in [0.1, 0.15) is 12.4 Å². The highest BCUT2D eigenvalue weighted by Crippen LogP contribution is 2.32. The maximum Gasteiger partial charge on any atom is 0.240 e. The van der Waals surface area contributed by atoms with Gasteiger partial charge in [-0.1, -0.05) is 0 Å². The van der Waals surface area contributed by atoms with E-state index in [0.29, 0.717) is 12.4 Å². The van der Waals surface area contributed by atoms with Gasteiger partial charge in [-0.3, -0.25) is 0 Å². The molecule has 1 N–H and O–H groups in total. The van der Waals surface area contributed by atoms with Crippen LogP contribution >= 0.6 is 0 Å². The first-order valence-electron chi connectivity index (χ1n) is 5.90. The molecule has 6 heteroatoms. The van der Waals surface area contributed by atoms with E-state index in [2.05, 4.69) is 4.72 Å². The molecule has 100 valence electrons. The Bertz CT molecular complexity index is 540. The molecule has 0 unspecified atom stereocenters. The molecular weight excluding hydrogens is 252 g/mol. The lowest BCUT2D eigenvalue weighted by Gasteiger charge is -2.27. The highest BCUT2D eigenvalue weighted by atomic mass is 32.2. The maximum atomic E-state index is 12.0. The fraction of sp³-hybridized carbons (Fsp3) is 0.500. The zero-order chi connectivity index (χ0) is 13.3. The second-order valence-corrected chi connectivity index (χ2v) is 6.39. The lowest BCUT2D eigenvalue weighted by Crippen LogP contribution is -2.31. The minimum atomic E-state index is -3.46. The Morgan fingerprint density at radius 2 is 2.11 bits per heavy atom. The monoisotopic (exact) mass is 270 g/mol. The molecule has 0 spiro atoms. The van der Waals surface area contributed by atoms with E-state index < -0.39 is 10.0 Å². The summed E-state index contributed by atoms with van der Waals surface area (Å²) in [5.74, 6) is 0.621. The first-order valence-corrected chi connectivity index (χ1v) is 7.39. The topological polar surface area (TPSA) is 58.6 Å². The predicted octanol–water partition coefficient (Wildman–Crippen LogP) is 1.20. The zero-order valence-electron chi connectivity index (χ0n) is 10.8. The molecule has 0 atom stereocenters. The zero-order valence-corrected chi connectivity index (χ0v) is 11.6. The number of rotatable bonds is 3. The van der Waals surface area contributed by atoms with Crippen LogP contribution in [0.3, 0.4) is 0 Å². The molecule has 0 fully saturated rings. The summed E-state index contributed by atoms with van der Waals surface area (Å²) >= 11 is 0. The van der Waals surface area contributed by atoms with E-state index in [9.17, 15) is 8.42 Å². The standard InChI is InChI=1S/C12H18N2O3S/c1-9(2)13-18(15,16)10-4-5-11-12(8-10)17-7-6-14(11)3/h4-5,8-9,13H,6-7H2,1-3H3. The van der Waals surface area contributed by atoms with E-state index >= 15 is 0 Å². The van der Waals surface area contributed by atoms with E-state index in [1.165, 1.54) is 0 Å². The van der Waals surface area contributed by atoms with E-state index in [-0.39, 0.29) is 10.9 Å². The highest BCUT2D eigenvalue weighted by molar-refractivity contribution is 7.89. The Morgan fingerprint density at radius 3 is 2.78 bits per heavy atom. The lowest BCUT2D eigenvalue weighted by molar-refractivity contribution is 0.310. The number of fused-ring (bicyclic) bond motifs is 1. The third kappa shape index (κ3) is 2.59. The number of hydrogen-bond acceptors (Lipinski definition) is 4. The van der Waals surface area contributed by atoms with E-state index in [4.69, 9.17) is 4.74 Å². The van der Waals surface area contributed by atoms with Crippen molar-refractivity contribution in [2.45, 2.75) is 24.8 Å². The third-order valence-electron chi connectivity index (χ3n) is 2.73. The Balaban J connectivity index is 2.37. The summed E-state index contributed by atoms with van der Waals surface area (Å²) in [6.45, 7) is 4.97. The van der Waals surface area contributed by atoms with Crippen LogP contribution in [-0.2, 0) is 10.0 Å². The number of benzene rings is 1. The summed E-state index contributed by atoms with van der Waals surface area (Å²) in [6, 6.07) is 4.84. The molecule has 0 saturated heterocycles. The van der Waals surface area contributed by atoms with Crippen LogP contribution in [0.5, 0.6) is 5.75 Å². The molecule has 1 aromatic rings. The molecule has 0 amide bonds. The number of sulfonamides is 1. The van der Waals surface area contributed by atoms with Gasteiger partial charge in [0.15, 0.2) is 0 Å². The van der Waals surface area contributed by atoms with Crippen LogP contribution in [0.25, 0.3) is 0 Å². The Hall–Kier alpha value is -1.27. The molecule has 1 heterocycles. The second kappa shape index (κ2) is 4.78. The molecule has 0 bridgehead atoms. The maximum absolute atomic E-state index is 12.0. The number of anilines is 1. The number of hydrogen-bond donors (Lipinski definition) is 1. The van der Waals surface area contributed by atoms with Crippen LogP contribution in [-0.4, -0.2) is 34.7 Å². The van der Waals surface area contributed by atoms with Gasteiger partial charge in [-0.2, -0.15) is 0 Å². The molecule has 0 saturated carbocycles. The van der Waals surface area contributed by atoms with Gasteiger partial charge in [0.25, 0.3) is 0 Å². The van der Waals surface area contributed by atoms with Gasteiger partial charge in [-0.25, -0.2) is 13.1 Å². The summed E-state index contributed by atoms with van der Waals surface area (Å²) in [6.07, 6.45) is 0. The Morgan fingerprint density at radius 1 is 1.39 bits per heavy atom. The minimum absolute atomic E-state index is 0.130. The van der Waals surface area contributed by atoms with Gasteiger partial charge in [-0.15, -0.1) is 0 Å². The largest absolute Gasteiger partial charge is 0.490 e. The van der Waals surface area contributed by atoms with Crippen molar-refractivity contribution < 1.29 is 13.2 Å². The lowest BCUT2D eigenvalue weighted by atomic mass is 10.2. The van der Waals surface area contributed by atoms with Gasteiger partial charge >= 0.3 is 0 Å². The van der Waals surface area contributed by atoms with Gasteiger partial charge in [0.2, 0.25) is 10.0 Å². The average Bonchev–Trinajstić information content (AvgIpc) is 2.27. The fourth-order valence-electron chi connectivity index (χ4n) is 1.88. The first kappa shape index (κ1) is 13.2. The average molecular weight is 270 g/mol. The summed E-state index contributed by atoms with van der Waals surface area (Å²) in [7, 11) is -1.50. The van der Waals surface area contributed by atoms with Gasteiger partial charge in [0.05, 0.1) is 17.1 Å². The quantitative estimate of drug-likeness (QED) is 0.896. The molecule has 0 aliphatic carbocycles. The van der Waals surface area contributed by atoms with Crippen LogP contribution < -0.4 is 14.4 Å². The minimum Gasteiger partial charge on any atom is -0.490 e. The molecule has 1 aliphatic heterocycles. The first-order chi connectivity index (χ1) is 8.40. The van der Waals surface area contributed by atoms with Crippen molar-refractivity contribution in [3.8, 4) is 5.75 Å². The number of nitrogens with one attached hydrogen (secondary N) is 1. The molecule has 18 heavy (non-hydrogen) atoms. The second-order valence-electron chi connectivity index (χ2n) is 4.68. The van der Waals surface area contributed by atoms with Crippen molar-refractivity contribution in [1.82, 2.24) is 4.72 Å². The molecule has 1 aromatic carbocycles. The van der Waals surface area contributed by atoms with Gasteiger partial charge < -0.3 is 9.64 Å². The molecule has 2 rings (SSSR count). The Kier molecular flexibility index (Phi) is 3.49. The van der Waals surface area contributed by atoms with Gasteiger partial charge in [-0.05, 0) is 26.0 Å². The summed E-state index contributed by atoms with van der Waals surface area (Å²) in [5.41, 5.74) is 0.921. The predicted molar refractivity (Wildman–Crippen MR) is 70.7 cm³/mol. The van der Waals surface area contributed by atoms with Crippen LogP contribution in [0.4, 0.5) is 5.69 Å². The van der Waals surface area contributed by atoms with Crippen molar-refractivity contribution in [2.75, 3.05) is 25.1 Å². The number of nitrogens with zero attached hydrogens (tertiary/aromatic N) is 1. The molecule has 5 nitrogen and oxygen atoms in total. The van der Waals surface area contributed by atoms with E-state index in [0.717, 1.165) is 12.2 Å². The molecule has 1 aliphatic rings. The number of ether oxygens (including phenoxy) is 1. The van der Waals surface area contributed by atoms with Crippen molar-refractivity contribution in [1.29, 1.82) is 0 Å². The SMILES string of the molecule is CC(C)NS(=O)(=O)c1ccc2c(c1)OCCN2C. The summed E-state index contributed by atoms with van der Waals surface area (Å²) < 4.78 is 32.1. The summed E-state index contributed by atoms with van der Waals surface area (Å²) in [4.78, 5) is 2.29. The fourth-order valence-corrected chi connectivity index (χ4v) is 3.15. The molecule has 0 radical (unpaired) electrons. The van der Waals surface area contributed by atoms with E-state index in [1.807, 2.05) is 11.9 Å². The Labute approximate surface area is 108 Å². The highest BCUT2D eigenvalue weighted by Gasteiger charge is 2.20. The molecular formula is C12H18N2O3S. The van der Waals surface area contributed by atoms with E-state index in [1.54, 1.807) is 32.0 Å². The van der Waals surface area contributed by atoms with Crippen LogP contribution in [0, 0.1) is 0 Å². The third-order valence-corrected chi connectivity index (χ3v) is 4.38. The van der Waals surface area contributed by atoms with Crippen molar-refractivity contribution >= 4 is 15.7 Å². The van der Waals surface area contributed by atoms with Crippen molar-refractivity contribution in [3.63, 3.8) is 0 Å². The van der Waals surface area contributed by atoms with Gasteiger partial charge in [0, 0.05) is 19.2 Å². The van der Waals surface area contributed by atoms with Crippen LogP contribution in [0.1, 0.15) is 13.8 Å². The van der Waals surface area contributed by atoms with Crippen molar-refractivity contribution in [2.24, 2.45) is 0 Å². The van der Waals surface area contributed by atoms with Crippen LogP contribution in [0.15, 0.2) is 23.1 Å². The molecule has 0 aromatic heterocycles. The smallest absolute Gasteiger partial charge is 0.240 e. The normalized spacial score (nSPS) is 15.4. The summed E-state index contributed by atoms with van der Waals surface area (Å²) in [5, 5.41) is 0. The van der Waals surface area contributed by atoms with Crippen LogP contribution in [0.2, 0.25) is 0 Å². The number of likely N-dealkylation sites (N-methyl/N-ethyl adjacent to an activating group) is 1.